The fourth-order valence-electron chi connectivity index (χ4n) is 3.00. The van der Waals surface area contributed by atoms with Gasteiger partial charge in [-0.2, -0.15) is 0 Å². The zero-order valence-corrected chi connectivity index (χ0v) is 14.5. The quantitative estimate of drug-likeness (QED) is 0.811. The number of aromatic carboxylic acids is 1. The predicted molar refractivity (Wildman–Crippen MR) is 95.1 cm³/mol. The van der Waals surface area contributed by atoms with E-state index in [9.17, 15) is 19.5 Å². The van der Waals surface area contributed by atoms with Crippen molar-refractivity contribution in [1.82, 2.24) is 14.5 Å². The zero-order chi connectivity index (χ0) is 18.7. The monoisotopic (exact) mass is 359 g/mol. The number of H-pyrrole nitrogens is 1. The molecule has 1 aliphatic rings. The van der Waals surface area contributed by atoms with Crippen molar-refractivity contribution in [1.29, 1.82) is 0 Å². The molecule has 0 radical (unpaired) electrons. The molecule has 2 heterocycles. The highest BCUT2D eigenvalue weighted by Gasteiger charge is 2.22. The lowest BCUT2D eigenvalue weighted by molar-refractivity contribution is 0.0336. The van der Waals surface area contributed by atoms with Gasteiger partial charge in [-0.05, 0) is 24.1 Å². The van der Waals surface area contributed by atoms with Crippen LogP contribution in [0.5, 0.6) is 0 Å². The molecule has 1 aliphatic heterocycles. The van der Waals surface area contributed by atoms with E-state index in [-0.39, 0.29) is 17.8 Å². The molecule has 138 valence electrons. The van der Waals surface area contributed by atoms with Crippen LogP contribution in [0.4, 0.5) is 0 Å². The Bertz CT molecular complexity index is 908. The SMILES string of the molecule is CCc1ccc(-n2c(=O)[nH]c(C(=O)O)c(CN3CCOCC3)c2=O)cc1. The first-order chi connectivity index (χ1) is 12.5. The largest absolute Gasteiger partial charge is 0.477 e. The van der Waals surface area contributed by atoms with E-state index in [0.29, 0.717) is 32.0 Å². The van der Waals surface area contributed by atoms with Crippen LogP contribution in [-0.2, 0) is 17.7 Å². The maximum absolute atomic E-state index is 13.0. The first kappa shape index (κ1) is 18.1. The molecule has 0 saturated carbocycles. The summed E-state index contributed by atoms with van der Waals surface area (Å²) in [6, 6.07) is 7.06. The van der Waals surface area contributed by atoms with Gasteiger partial charge in [0, 0.05) is 19.6 Å². The summed E-state index contributed by atoms with van der Waals surface area (Å²) in [6.45, 7) is 4.41. The van der Waals surface area contributed by atoms with Crippen LogP contribution < -0.4 is 11.2 Å². The second kappa shape index (κ2) is 7.67. The van der Waals surface area contributed by atoms with Crippen LogP contribution in [0.15, 0.2) is 33.9 Å². The second-order valence-electron chi connectivity index (χ2n) is 6.14. The Kier molecular flexibility index (Phi) is 5.34. The molecule has 0 atom stereocenters. The molecule has 3 rings (SSSR count). The predicted octanol–water partition coefficient (Wildman–Crippen LogP) is 0.619. The number of carboxylic acids is 1. The zero-order valence-electron chi connectivity index (χ0n) is 14.5. The van der Waals surface area contributed by atoms with Crippen LogP contribution in [0, 0.1) is 0 Å². The van der Waals surface area contributed by atoms with E-state index in [1.807, 2.05) is 24.0 Å². The van der Waals surface area contributed by atoms with Crippen molar-refractivity contribution in [3.05, 3.63) is 61.9 Å². The van der Waals surface area contributed by atoms with Crippen LogP contribution in [0.2, 0.25) is 0 Å². The van der Waals surface area contributed by atoms with Crippen molar-refractivity contribution in [3.63, 3.8) is 0 Å². The topological polar surface area (TPSA) is 105 Å². The van der Waals surface area contributed by atoms with Gasteiger partial charge in [-0.25, -0.2) is 14.2 Å². The van der Waals surface area contributed by atoms with E-state index < -0.39 is 17.2 Å². The van der Waals surface area contributed by atoms with E-state index >= 15 is 0 Å². The summed E-state index contributed by atoms with van der Waals surface area (Å²) in [4.78, 5) is 41.2. The highest BCUT2D eigenvalue weighted by atomic mass is 16.5. The smallest absolute Gasteiger partial charge is 0.352 e. The minimum Gasteiger partial charge on any atom is -0.477 e. The Labute approximate surface area is 149 Å². The Balaban J connectivity index is 2.10. The number of aromatic amines is 1. The Morgan fingerprint density at radius 1 is 1.19 bits per heavy atom. The van der Waals surface area contributed by atoms with Crippen molar-refractivity contribution in [3.8, 4) is 5.69 Å². The van der Waals surface area contributed by atoms with Gasteiger partial charge in [-0.1, -0.05) is 19.1 Å². The Morgan fingerprint density at radius 2 is 1.85 bits per heavy atom. The van der Waals surface area contributed by atoms with Gasteiger partial charge >= 0.3 is 11.7 Å². The second-order valence-corrected chi connectivity index (χ2v) is 6.14. The Hall–Kier alpha value is -2.71. The molecule has 0 spiro atoms. The molecule has 1 fully saturated rings. The van der Waals surface area contributed by atoms with Gasteiger partial charge < -0.3 is 14.8 Å². The number of carboxylic acid groups (broad SMARTS) is 1. The number of hydrogen-bond donors (Lipinski definition) is 2. The van der Waals surface area contributed by atoms with Gasteiger partial charge in [0.2, 0.25) is 0 Å². The van der Waals surface area contributed by atoms with Crippen LogP contribution >= 0.6 is 0 Å². The first-order valence-corrected chi connectivity index (χ1v) is 8.52. The van der Waals surface area contributed by atoms with Gasteiger partial charge in [0.25, 0.3) is 5.56 Å². The van der Waals surface area contributed by atoms with E-state index in [2.05, 4.69) is 4.98 Å². The normalized spacial score (nSPS) is 15.1. The Morgan fingerprint density at radius 3 is 2.42 bits per heavy atom. The summed E-state index contributed by atoms with van der Waals surface area (Å²) in [6.07, 6.45) is 0.839. The number of morpholine rings is 1. The molecular weight excluding hydrogens is 338 g/mol. The number of nitrogens with one attached hydrogen (secondary N) is 1. The van der Waals surface area contributed by atoms with Crippen molar-refractivity contribution >= 4 is 5.97 Å². The van der Waals surface area contributed by atoms with Crippen molar-refractivity contribution in [2.75, 3.05) is 26.3 Å². The minimum absolute atomic E-state index is 0.0681. The van der Waals surface area contributed by atoms with Crippen LogP contribution in [0.1, 0.15) is 28.5 Å². The summed E-state index contributed by atoms with van der Waals surface area (Å²) in [7, 11) is 0. The van der Waals surface area contributed by atoms with Gasteiger partial charge in [-0.3, -0.25) is 9.69 Å². The van der Waals surface area contributed by atoms with Crippen molar-refractivity contribution < 1.29 is 14.6 Å². The molecule has 1 aromatic carbocycles. The van der Waals surface area contributed by atoms with E-state index in [0.717, 1.165) is 16.6 Å². The lowest BCUT2D eigenvalue weighted by Crippen LogP contribution is -2.42. The third kappa shape index (κ3) is 3.61. The van der Waals surface area contributed by atoms with Crippen molar-refractivity contribution in [2.45, 2.75) is 19.9 Å². The molecule has 26 heavy (non-hydrogen) atoms. The molecule has 0 bridgehead atoms. The number of rotatable bonds is 5. The maximum atomic E-state index is 13.0. The van der Waals surface area contributed by atoms with Gasteiger partial charge in [0.05, 0.1) is 24.5 Å². The summed E-state index contributed by atoms with van der Waals surface area (Å²) in [5.74, 6) is -1.32. The van der Waals surface area contributed by atoms with E-state index in [1.165, 1.54) is 0 Å². The molecule has 2 N–H and O–H groups in total. The highest BCUT2D eigenvalue weighted by molar-refractivity contribution is 5.86. The molecule has 8 nitrogen and oxygen atoms in total. The molecule has 0 amide bonds. The molecule has 2 aromatic rings. The minimum atomic E-state index is -1.32. The molecule has 0 aliphatic carbocycles. The first-order valence-electron chi connectivity index (χ1n) is 8.52. The van der Waals surface area contributed by atoms with Crippen LogP contribution in [0.3, 0.4) is 0 Å². The maximum Gasteiger partial charge on any atom is 0.352 e. The number of aryl methyl sites for hydroxylation is 1. The van der Waals surface area contributed by atoms with E-state index in [1.54, 1.807) is 12.1 Å². The third-order valence-corrected chi connectivity index (χ3v) is 4.50. The van der Waals surface area contributed by atoms with Gasteiger partial charge in [0.15, 0.2) is 0 Å². The number of ether oxygens (including phenoxy) is 1. The fourth-order valence-corrected chi connectivity index (χ4v) is 3.00. The average molecular weight is 359 g/mol. The average Bonchev–Trinajstić information content (AvgIpc) is 2.65. The highest BCUT2D eigenvalue weighted by Crippen LogP contribution is 2.10. The number of aromatic nitrogens is 2. The summed E-state index contributed by atoms with van der Waals surface area (Å²) >= 11 is 0. The number of hydrogen-bond acceptors (Lipinski definition) is 5. The summed E-state index contributed by atoms with van der Waals surface area (Å²) in [5, 5.41) is 9.41. The fraction of sp³-hybridized carbons (Fsp3) is 0.389. The molecular formula is C18H21N3O5. The van der Waals surface area contributed by atoms with E-state index in [4.69, 9.17) is 4.74 Å². The third-order valence-electron chi connectivity index (χ3n) is 4.50. The van der Waals surface area contributed by atoms with Crippen molar-refractivity contribution in [2.24, 2.45) is 0 Å². The summed E-state index contributed by atoms with van der Waals surface area (Å²) < 4.78 is 6.27. The number of carbonyl (C=O) groups is 1. The standard InChI is InChI=1S/C18H21N3O5/c1-2-12-3-5-13(6-4-12)21-16(22)14(11-20-7-9-26-10-8-20)15(17(23)24)19-18(21)25/h3-6H,2,7-11H2,1H3,(H,19,25)(H,23,24). The number of benzene rings is 1. The van der Waals surface area contributed by atoms with Gasteiger partial charge in [-0.15, -0.1) is 0 Å². The molecule has 0 unspecified atom stereocenters. The van der Waals surface area contributed by atoms with Crippen LogP contribution in [0.25, 0.3) is 5.69 Å². The summed E-state index contributed by atoms with van der Waals surface area (Å²) in [5.41, 5.74) is -0.168. The molecule has 1 aromatic heterocycles. The molecule has 1 saturated heterocycles. The van der Waals surface area contributed by atoms with Gasteiger partial charge in [0.1, 0.15) is 5.69 Å². The van der Waals surface area contributed by atoms with Crippen LogP contribution in [-0.4, -0.2) is 51.8 Å². The molecule has 8 heteroatoms. The lowest BCUT2D eigenvalue weighted by Gasteiger charge is -2.26. The number of nitrogens with zero attached hydrogens (tertiary/aromatic N) is 2. The lowest BCUT2D eigenvalue weighted by atomic mass is 10.1.